The number of amidine groups is 1. The third-order valence-electron chi connectivity index (χ3n) is 2.23. The molecule has 0 bridgehead atoms. The summed E-state index contributed by atoms with van der Waals surface area (Å²) in [4.78, 5) is 4.31. The molecule has 82 valence electrons. The van der Waals surface area contributed by atoms with Crippen LogP contribution in [0.1, 0.15) is 16.7 Å². The van der Waals surface area contributed by atoms with E-state index in [1.807, 2.05) is 13.8 Å². The fourth-order valence-corrected chi connectivity index (χ4v) is 1.86. The van der Waals surface area contributed by atoms with E-state index in [2.05, 4.69) is 33.9 Å². The maximum absolute atomic E-state index is 5.63. The molecule has 0 heterocycles. The molecule has 0 saturated carbocycles. The van der Waals surface area contributed by atoms with Crippen LogP contribution in [0.15, 0.2) is 15.5 Å². The zero-order valence-electron chi connectivity index (χ0n) is 9.06. The summed E-state index contributed by atoms with van der Waals surface area (Å²) >= 11 is 9.14. The van der Waals surface area contributed by atoms with Gasteiger partial charge in [-0.15, -0.1) is 11.6 Å². The summed E-state index contributed by atoms with van der Waals surface area (Å²) in [6, 6.07) is 2.08. The van der Waals surface area contributed by atoms with Gasteiger partial charge in [-0.1, -0.05) is 22.0 Å². The van der Waals surface area contributed by atoms with Crippen LogP contribution in [0, 0.1) is 20.8 Å². The molecule has 2 N–H and O–H groups in total. The van der Waals surface area contributed by atoms with Crippen molar-refractivity contribution < 1.29 is 0 Å². The summed E-state index contributed by atoms with van der Waals surface area (Å²) in [6.07, 6.45) is 0. The van der Waals surface area contributed by atoms with Crippen molar-refractivity contribution in [2.24, 2.45) is 10.7 Å². The van der Waals surface area contributed by atoms with Crippen molar-refractivity contribution in [3.8, 4) is 0 Å². The summed E-state index contributed by atoms with van der Waals surface area (Å²) < 4.78 is 1.08. The topological polar surface area (TPSA) is 38.4 Å². The van der Waals surface area contributed by atoms with Gasteiger partial charge in [0.1, 0.15) is 5.84 Å². The molecule has 0 aliphatic carbocycles. The molecule has 0 fully saturated rings. The predicted octanol–water partition coefficient (Wildman–Crippen LogP) is 3.60. The molecule has 0 amide bonds. The van der Waals surface area contributed by atoms with Gasteiger partial charge in [0, 0.05) is 4.47 Å². The third kappa shape index (κ3) is 2.73. The van der Waals surface area contributed by atoms with Gasteiger partial charge in [-0.3, -0.25) is 0 Å². The zero-order chi connectivity index (χ0) is 11.6. The second kappa shape index (κ2) is 4.99. The molecule has 1 aromatic rings. The van der Waals surface area contributed by atoms with Crippen molar-refractivity contribution in [2.75, 3.05) is 5.88 Å². The Hall–Kier alpha value is -0.540. The van der Waals surface area contributed by atoms with E-state index in [-0.39, 0.29) is 5.88 Å². The first-order valence-corrected chi connectivity index (χ1v) is 5.95. The molecule has 0 spiro atoms. The van der Waals surface area contributed by atoms with Gasteiger partial charge in [-0.25, -0.2) is 4.99 Å². The molecule has 0 unspecified atom stereocenters. The Kier molecular flexibility index (Phi) is 4.17. The summed E-state index contributed by atoms with van der Waals surface area (Å²) in [5.41, 5.74) is 9.95. The lowest BCUT2D eigenvalue weighted by Crippen LogP contribution is -2.12. The molecule has 0 aliphatic rings. The molecule has 2 nitrogen and oxygen atoms in total. The lowest BCUT2D eigenvalue weighted by Gasteiger charge is -2.10. The average molecular weight is 290 g/mol. The van der Waals surface area contributed by atoms with Crippen LogP contribution in [0.2, 0.25) is 0 Å². The van der Waals surface area contributed by atoms with Gasteiger partial charge in [0.05, 0.1) is 11.6 Å². The van der Waals surface area contributed by atoms with E-state index in [0.29, 0.717) is 5.84 Å². The SMILES string of the molecule is Cc1cc(C)c(N=C(N)CCl)c(C)c1Br. The second-order valence-electron chi connectivity index (χ2n) is 3.53. The van der Waals surface area contributed by atoms with Crippen LogP contribution < -0.4 is 5.73 Å². The van der Waals surface area contributed by atoms with Crippen LogP contribution in [0.25, 0.3) is 0 Å². The van der Waals surface area contributed by atoms with Crippen LogP contribution in [0.4, 0.5) is 5.69 Å². The van der Waals surface area contributed by atoms with Crippen LogP contribution in [0.5, 0.6) is 0 Å². The van der Waals surface area contributed by atoms with Crippen molar-refractivity contribution in [1.29, 1.82) is 0 Å². The number of aryl methyl sites for hydroxylation is 2. The molecule has 1 aromatic carbocycles. The first-order chi connectivity index (χ1) is 6.97. The van der Waals surface area contributed by atoms with Crippen LogP contribution in [-0.2, 0) is 0 Å². The van der Waals surface area contributed by atoms with Gasteiger partial charge in [0.25, 0.3) is 0 Å². The van der Waals surface area contributed by atoms with Crippen molar-refractivity contribution in [3.63, 3.8) is 0 Å². The lowest BCUT2D eigenvalue weighted by molar-refractivity contribution is 1.25. The number of benzene rings is 1. The summed E-state index contributed by atoms with van der Waals surface area (Å²) in [5, 5.41) is 0. The van der Waals surface area contributed by atoms with Gasteiger partial charge in [0.15, 0.2) is 0 Å². The highest BCUT2D eigenvalue weighted by molar-refractivity contribution is 9.10. The van der Waals surface area contributed by atoms with E-state index in [1.54, 1.807) is 0 Å². The molecule has 0 aromatic heterocycles. The van der Waals surface area contributed by atoms with E-state index in [9.17, 15) is 0 Å². The first-order valence-electron chi connectivity index (χ1n) is 4.62. The standard InChI is InChI=1S/C11H14BrClN2/c1-6-4-7(2)11(8(3)10(6)12)15-9(14)5-13/h4H,5H2,1-3H3,(H2,14,15). The number of alkyl halides is 1. The summed E-state index contributed by atoms with van der Waals surface area (Å²) in [5.74, 6) is 0.698. The molecular weight excluding hydrogens is 275 g/mol. The van der Waals surface area contributed by atoms with Crippen LogP contribution >= 0.6 is 27.5 Å². The number of hydrogen-bond donors (Lipinski definition) is 1. The Bertz CT molecular complexity index is 414. The molecule has 0 atom stereocenters. The molecule has 15 heavy (non-hydrogen) atoms. The monoisotopic (exact) mass is 288 g/mol. The Balaban J connectivity index is 3.36. The average Bonchev–Trinajstić information content (AvgIpc) is 2.21. The second-order valence-corrected chi connectivity index (χ2v) is 4.59. The Morgan fingerprint density at radius 1 is 1.40 bits per heavy atom. The smallest absolute Gasteiger partial charge is 0.115 e. The fourth-order valence-electron chi connectivity index (χ4n) is 1.50. The van der Waals surface area contributed by atoms with Crippen LogP contribution in [0.3, 0.4) is 0 Å². The Morgan fingerprint density at radius 3 is 2.53 bits per heavy atom. The highest BCUT2D eigenvalue weighted by Crippen LogP contribution is 2.32. The number of halogens is 2. The largest absolute Gasteiger partial charge is 0.386 e. The van der Waals surface area contributed by atoms with E-state index in [0.717, 1.165) is 21.3 Å². The number of rotatable bonds is 2. The molecule has 0 radical (unpaired) electrons. The molecule has 1 rings (SSSR count). The molecule has 0 saturated heterocycles. The van der Waals surface area contributed by atoms with Gasteiger partial charge < -0.3 is 5.73 Å². The minimum absolute atomic E-state index is 0.254. The minimum Gasteiger partial charge on any atom is -0.386 e. The van der Waals surface area contributed by atoms with Crippen molar-refractivity contribution in [1.82, 2.24) is 0 Å². The Morgan fingerprint density at radius 2 is 2.00 bits per heavy atom. The Labute approximate surface area is 104 Å². The quantitative estimate of drug-likeness (QED) is 0.504. The van der Waals surface area contributed by atoms with E-state index in [4.69, 9.17) is 17.3 Å². The van der Waals surface area contributed by atoms with Gasteiger partial charge in [0.2, 0.25) is 0 Å². The maximum Gasteiger partial charge on any atom is 0.115 e. The predicted molar refractivity (Wildman–Crippen MR) is 70.4 cm³/mol. The summed E-state index contributed by atoms with van der Waals surface area (Å²) in [7, 11) is 0. The third-order valence-corrected chi connectivity index (χ3v) is 3.72. The molecule has 4 heteroatoms. The zero-order valence-corrected chi connectivity index (χ0v) is 11.4. The lowest BCUT2D eigenvalue weighted by atomic mass is 10.1. The van der Waals surface area contributed by atoms with Gasteiger partial charge in [-0.2, -0.15) is 0 Å². The first kappa shape index (κ1) is 12.5. The highest BCUT2D eigenvalue weighted by Gasteiger charge is 2.08. The maximum atomic E-state index is 5.63. The molecule has 0 aliphatic heterocycles. The minimum atomic E-state index is 0.254. The van der Waals surface area contributed by atoms with Crippen molar-refractivity contribution in [3.05, 3.63) is 27.2 Å². The van der Waals surface area contributed by atoms with Gasteiger partial charge >= 0.3 is 0 Å². The highest BCUT2D eigenvalue weighted by atomic mass is 79.9. The van der Waals surface area contributed by atoms with E-state index >= 15 is 0 Å². The number of hydrogen-bond acceptors (Lipinski definition) is 1. The van der Waals surface area contributed by atoms with E-state index in [1.165, 1.54) is 5.56 Å². The fraction of sp³-hybridized carbons (Fsp3) is 0.364. The van der Waals surface area contributed by atoms with Crippen LogP contribution in [-0.4, -0.2) is 11.7 Å². The summed E-state index contributed by atoms with van der Waals surface area (Å²) in [6.45, 7) is 6.10. The van der Waals surface area contributed by atoms with Crippen molar-refractivity contribution >= 4 is 39.1 Å². The normalized spacial score (nSPS) is 11.9. The van der Waals surface area contributed by atoms with Gasteiger partial charge in [-0.05, 0) is 37.5 Å². The van der Waals surface area contributed by atoms with E-state index < -0.39 is 0 Å². The number of nitrogens with zero attached hydrogens (tertiary/aromatic N) is 1. The number of aliphatic imine (C=N–C) groups is 1. The molecular formula is C11H14BrClN2. The van der Waals surface area contributed by atoms with Crippen molar-refractivity contribution in [2.45, 2.75) is 20.8 Å². The number of nitrogens with two attached hydrogens (primary N) is 1.